The summed E-state index contributed by atoms with van der Waals surface area (Å²) in [6, 6.07) is 8.44. The number of ether oxygens (including phenoxy) is 1. The fourth-order valence-electron chi connectivity index (χ4n) is 3.03. The van der Waals surface area contributed by atoms with E-state index < -0.39 is 0 Å². The molecular formula is C21H21ClFN5O2. The highest BCUT2D eigenvalue weighted by molar-refractivity contribution is 5.98. The van der Waals surface area contributed by atoms with E-state index in [1.54, 1.807) is 19.4 Å². The number of aryl methyl sites for hydroxylation is 2. The van der Waals surface area contributed by atoms with E-state index in [0.29, 0.717) is 36.0 Å². The summed E-state index contributed by atoms with van der Waals surface area (Å²) in [7, 11) is 1.62. The minimum atomic E-state index is -0.287. The average Bonchev–Trinajstić information content (AvgIpc) is 3.17. The molecule has 9 heteroatoms. The van der Waals surface area contributed by atoms with Gasteiger partial charge in [0.25, 0.3) is 5.89 Å². The number of hydrogen-bond donors (Lipinski definition) is 1. The van der Waals surface area contributed by atoms with Crippen molar-refractivity contribution in [3.63, 3.8) is 0 Å². The second-order valence-corrected chi connectivity index (χ2v) is 6.71. The third-order valence-electron chi connectivity index (χ3n) is 4.55. The molecule has 0 aliphatic heterocycles. The highest BCUT2D eigenvalue weighted by Crippen LogP contribution is 2.35. The lowest BCUT2D eigenvalue weighted by Gasteiger charge is -2.14. The van der Waals surface area contributed by atoms with Gasteiger partial charge in [-0.3, -0.25) is 0 Å². The maximum Gasteiger partial charge on any atom is 0.261 e. The number of fused-ring (bicyclic) bond motifs is 1. The molecule has 0 atom stereocenters. The van der Waals surface area contributed by atoms with Crippen molar-refractivity contribution < 1.29 is 13.7 Å². The minimum Gasteiger partial charge on any atom is -0.384 e. The molecule has 0 radical (unpaired) electrons. The number of hydrogen-bond acceptors (Lipinski definition) is 7. The molecule has 0 saturated carbocycles. The average molecular weight is 430 g/mol. The van der Waals surface area contributed by atoms with Crippen LogP contribution in [-0.4, -0.2) is 33.8 Å². The molecule has 0 fully saturated rings. The smallest absolute Gasteiger partial charge is 0.261 e. The second kappa shape index (κ2) is 9.15. The zero-order chi connectivity index (χ0) is 20.4. The zero-order valence-electron chi connectivity index (χ0n) is 16.8. The van der Waals surface area contributed by atoms with Crippen LogP contribution in [0.15, 0.2) is 41.1 Å². The van der Waals surface area contributed by atoms with Gasteiger partial charge in [-0.15, -0.1) is 12.4 Å². The highest BCUT2D eigenvalue weighted by Gasteiger charge is 2.18. The van der Waals surface area contributed by atoms with E-state index in [4.69, 9.17) is 9.26 Å². The number of aromatic nitrogens is 4. The number of rotatable bonds is 6. The molecule has 1 aromatic carbocycles. The summed E-state index contributed by atoms with van der Waals surface area (Å²) in [6.07, 6.45) is 2.20. The van der Waals surface area contributed by atoms with Crippen molar-refractivity contribution in [3.05, 3.63) is 59.4 Å². The maximum atomic E-state index is 13.5. The molecule has 0 amide bonds. The first-order chi connectivity index (χ1) is 14.0. The van der Waals surface area contributed by atoms with Gasteiger partial charge in [-0.25, -0.2) is 14.4 Å². The quantitative estimate of drug-likeness (QED) is 0.471. The molecule has 3 heterocycles. The monoisotopic (exact) mass is 429 g/mol. The largest absolute Gasteiger partial charge is 0.384 e. The van der Waals surface area contributed by atoms with E-state index in [0.717, 1.165) is 28.0 Å². The molecule has 3 aromatic heterocycles. The van der Waals surface area contributed by atoms with Gasteiger partial charge in [-0.05, 0) is 49.7 Å². The van der Waals surface area contributed by atoms with Crippen LogP contribution in [0.2, 0.25) is 0 Å². The molecule has 0 saturated heterocycles. The van der Waals surface area contributed by atoms with Gasteiger partial charge in [0.2, 0.25) is 0 Å². The summed E-state index contributed by atoms with van der Waals surface area (Å²) in [4.78, 5) is 13.4. The van der Waals surface area contributed by atoms with E-state index in [-0.39, 0.29) is 18.2 Å². The molecule has 4 aromatic rings. The van der Waals surface area contributed by atoms with Gasteiger partial charge in [0, 0.05) is 36.5 Å². The van der Waals surface area contributed by atoms with E-state index >= 15 is 0 Å². The predicted octanol–water partition coefficient (Wildman–Crippen LogP) is 4.79. The SMILES string of the molecule is COCCc1noc(-c2cnc3nc(C)ccc3c2Nc2ccc(F)cc2C)n1.Cl. The Balaban J connectivity index is 0.00000256. The normalized spacial score (nSPS) is 10.8. The molecule has 0 bridgehead atoms. The number of nitrogens with zero attached hydrogens (tertiary/aromatic N) is 4. The van der Waals surface area contributed by atoms with Gasteiger partial charge in [-0.2, -0.15) is 4.98 Å². The van der Waals surface area contributed by atoms with Crippen molar-refractivity contribution in [1.82, 2.24) is 20.1 Å². The fraction of sp³-hybridized carbons (Fsp3) is 0.238. The third-order valence-corrected chi connectivity index (χ3v) is 4.55. The predicted molar refractivity (Wildman–Crippen MR) is 115 cm³/mol. The van der Waals surface area contributed by atoms with E-state index in [1.165, 1.54) is 12.1 Å². The number of halogens is 2. The van der Waals surface area contributed by atoms with Gasteiger partial charge >= 0.3 is 0 Å². The first-order valence-electron chi connectivity index (χ1n) is 9.16. The maximum absolute atomic E-state index is 13.5. The molecule has 0 aliphatic rings. The number of benzene rings is 1. The first-order valence-corrected chi connectivity index (χ1v) is 9.16. The van der Waals surface area contributed by atoms with Crippen molar-refractivity contribution in [2.24, 2.45) is 0 Å². The van der Waals surface area contributed by atoms with Crippen molar-refractivity contribution in [3.8, 4) is 11.5 Å². The van der Waals surface area contributed by atoms with Crippen LogP contribution < -0.4 is 5.32 Å². The van der Waals surface area contributed by atoms with Crippen LogP contribution >= 0.6 is 12.4 Å². The van der Waals surface area contributed by atoms with Crippen LogP contribution in [-0.2, 0) is 11.2 Å². The lowest BCUT2D eigenvalue weighted by molar-refractivity contribution is 0.199. The van der Waals surface area contributed by atoms with Crippen molar-refractivity contribution in [2.75, 3.05) is 19.0 Å². The van der Waals surface area contributed by atoms with E-state index in [9.17, 15) is 4.39 Å². The van der Waals surface area contributed by atoms with Gasteiger partial charge < -0.3 is 14.6 Å². The van der Waals surface area contributed by atoms with E-state index in [1.807, 2.05) is 26.0 Å². The number of pyridine rings is 2. The third kappa shape index (κ3) is 4.39. The summed E-state index contributed by atoms with van der Waals surface area (Å²) in [6.45, 7) is 4.25. The number of methoxy groups -OCH3 is 1. The lowest BCUT2D eigenvalue weighted by Crippen LogP contribution is -2.00. The Labute approximate surface area is 179 Å². The molecule has 156 valence electrons. The number of anilines is 2. The molecular weight excluding hydrogens is 409 g/mol. The van der Waals surface area contributed by atoms with Gasteiger partial charge in [0.1, 0.15) is 5.82 Å². The molecule has 7 nitrogen and oxygen atoms in total. The lowest BCUT2D eigenvalue weighted by atomic mass is 10.1. The van der Waals surface area contributed by atoms with Crippen LogP contribution in [0.1, 0.15) is 17.1 Å². The summed E-state index contributed by atoms with van der Waals surface area (Å²) < 4.78 is 24.1. The van der Waals surface area contributed by atoms with Crippen LogP contribution in [0, 0.1) is 19.7 Å². The summed E-state index contributed by atoms with van der Waals surface area (Å²) >= 11 is 0. The Kier molecular flexibility index (Phi) is 6.59. The molecule has 30 heavy (non-hydrogen) atoms. The Morgan fingerprint density at radius 2 is 1.97 bits per heavy atom. The van der Waals surface area contributed by atoms with Crippen LogP contribution in [0.4, 0.5) is 15.8 Å². The van der Waals surface area contributed by atoms with Gasteiger partial charge in [-0.1, -0.05) is 5.16 Å². The molecule has 1 N–H and O–H groups in total. The van der Waals surface area contributed by atoms with Crippen LogP contribution in [0.5, 0.6) is 0 Å². The molecule has 4 rings (SSSR count). The van der Waals surface area contributed by atoms with Crippen molar-refractivity contribution >= 4 is 34.8 Å². The topological polar surface area (TPSA) is 86.0 Å². The van der Waals surface area contributed by atoms with Gasteiger partial charge in [0.15, 0.2) is 11.5 Å². The molecule has 0 aliphatic carbocycles. The second-order valence-electron chi connectivity index (χ2n) is 6.71. The van der Waals surface area contributed by atoms with Crippen molar-refractivity contribution in [1.29, 1.82) is 0 Å². The summed E-state index contributed by atoms with van der Waals surface area (Å²) in [5.74, 6) is 0.603. The standard InChI is InChI=1S/C21H20FN5O2.ClH/c1-12-10-14(22)5-7-17(12)25-19-15-6-4-13(2)24-20(15)23-11-16(19)21-26-18(27-29-21)8-9-28-3;/h4-7,10-11H,8-9H2,1-3H3,(H,23,24,25);1H. The summed E-state index contributed by atoms with van der Waals surface area (Å²) in [5.41, 5.74) is 4.35. The van der Waals surface area contributed by atoms with Crippen molar-refractivity contribution in [2.45, 2.75) is 20.3 Å². The Hall–Kier alpha value is -3.10. The molecule has 0 spiro atoms. The van der Waals surface area contributed by atoms with Gasteiger partial charge in [0.05, 0.1) is 17.9 Å². The first kappa shape index (κ1) is 21.6. The van der Waals surface area contributed by atoms with Crippen LogP contribution in [0.25, 0.3) is 22.5 Å². The minimum absolute atomic E-state index is 0. The Morgan fingerprint density at radius 3 is 2.73 bits per heavy atom. The number of nitrogens with one attached hydrogen (secondary N) is 1. The van der Waals surface area contributed by atoms with Crippen LogP contribution in [0.3, 0.4) is 0 Å². The zero-order valence-corrected chi connectivity index (χ0v) is 17.6. The fourth-order valence-corrected chi connectivity index (χ4v) is 3.03. The van der Waals surface area contributed by atoms with E-state index in [2.05, 4.69) is 25.4 Å². The summed E-state index contributed by atoms with van der Waals surface area (Å²) in [5, 5.41) is 8.20. The molecule has 0 unspecified atom stereocenters. The Morgan fingerprint density at radius 1 is 1.13 bits per heavy atom. The Bertz CT molecular complexity index is 1180. The highest BCUT2D eigenvalue weighted by atomic mass is 35.5.